The van der Waals surface area contributed by atoms with Gasteiger partial charge in [-0.1, -0.05) is 58.1 Å². The summed E-state index contributed by atoms with van der Waals surface area (Å²) in [6.45, 7) is 4.22. The minimum atomic E-state index is -4.22. The van der Waals surface area contributed by atoms with Crippen LogP contribution in [-0.4, -0.2) is 49.9 Å². The molecule has 0 radical (unpaired) electrons. The zero-order chi connectivity index (χ0) is 22.5. The Labute approximate surface area is 182 Å². The number of hydrogen-bond acceptors (Lipinski definition) is 7. The second kappa shape index (κ2) is 20.2. The van der Waals surface area contributed by atoms with Crippen molar-refractivity contribution in [2.24, 2.45) is 5.73 Å². The minimum Gasteiger partial charge on any atom is -0.457 e. The molecule has 0 aliphatic rings. The van der Waals surface area contributed by atoms with Crippen LogP contribution < -0.4 is 5.73 Å². The van der Waals surface area contributed by atoms with E-state index in [1.54, 1.807) is 6.92 Å². The lowest BCUT2D eigenvalue weighted by molar-refractivity contribution is -0.154. The number of nitrogens with two attached hydrogens (primary N) is 1. The molecule has 0 amide bonds. The van der Waals surface area contributed by atoms with Crippen molar-refractivity contribution < 1.29 is 32.8 Å². The standard InChI is InChI=1S/C21H42NO7P/c1-3-5-6-7-8-9-10-11-12-13-14-16-26-18-20(29-21(23)4-2)19-28-30(24,25)27-17-15-22/h6-7,20H,3-5,8-19,22H2,1-2H3,(H,24,25)/b7-6-. The van der Waals surface area contributed by atoms with Gasteiger partial charge in [0.1, 0.15) is 6.10 Å². The lowest BCUT2D eigenvalue weighted by Crippen LogP contribution is -2.28. The molecule has 0 aromatic rings. The van der Waals surface area contributed by atoms with Crippen LogP contribution in [0, 0.1) is 0 Å². The van der Waals surface area contributed by atoms with Crippen molar-refractivity contribution in [1.82, 2.24) is 0 Å². The third-order valence-corrected chi connectivity index (χ3v) is 5.20. The number of phosphoric ester groups is 1. The maximum atomic E-state index is 11.7. The van der Waals surface area contributed by atoms with Crippen LogP contribution in [0.1, 0.15) is 78.1 Å². The molecule has 3 N–H and O–H groups in total. The molecule has 0 aliphatic heterocycles. The van der Waals surface area contributed by atoms with Crippen LogP contribution in [-0.2, 0) is 27.9 Å². The monoisotopic (exact) mass is 451 g/mol. The average molecular weight is 452 g/mol. The highest BCUT2D eigenvalue weighted by Gasteiger charge is 2.24. The molecule has 0 aliphatic carbocycles. The van der Waals surface area contributed by atoms with Gasteiger partial charge in [0.2, 0.25) is 0 Å². The van der Waals surface area contributed by atoms with Gasteiger partial charge >= 0.3 is 13.8 Å². The SMILES string of the molecule is CCC/C=C\CCCCCCCCOCC(COP(=O)(O)OCCN)OC(=O)CC. The summed E-state index contributed by atoms with van der Waals surface area (Å²) in [6, 6.07) is 0. The lowest BCUT2D eigenvalue weighted by atomic mass is 10.1. The molecule has 0 aromatic heterocycles. The summed E-state index contributed by atoms with van der Waals surface area (Å²) in [4.78, 5) is 21.1. The third kappa shape index (κ3) is 19.2. The number of esters is 1. The summed E-state index contributed by atoms with van der Waals surface area (Å²) in [5.41, 5.74) is 5.23. The van der Waals surface area contributed by atoms with Crippen molar-refractivity contribution in [3.63, 3.8) is 0 Å². The van der Waals surface area contributed by atoms with Gasteiger partial charge in [-0.3, -0.25) is 13.8 Å². The van der Waals surface area contributed by atoms with Crippen molar-refractivity contribution in [2.45, 2.75) is 84.2 Å². The Morgan fingerprint density at radius 3 is 2.30 bits per heavy atom. The van der Waals surface area contributed by atoms with Gasteiger partial charge in [-0.2, -0.15) is 0 Å². The molecule has 0 saturated heterocycles. The Morgan fingerprint density at radius 1 is 0.967 bits per heavy atom. The van der Waals surface area contributed by atoms with Crippen LogP contribution in [0.4, 0.5) is 0 Å². The van der Waals surface area contributed by atoms with Crippen LogP contribution in [0.3, 0.4) is 0 Å². The van der Waals surface area contributed by atoms with Gasteiger partial charge in [-0.05, 0) is 25.7 Å². The Balaban J connectivity index is 3.89. The summed E-state index contributed by atoms with van der Waals surface area (Å²) >= 11 is 0. The number of carbonyl (C=O) groups is 1. The molecule has 0 spiro atoms. The Hall–Kier alpha value is -0.760. The van der Waals surface area contributed by atoms with Gasteiger partial charge < -0.3 is 20.1 Å². The maximum absolute atomic E-state index is 11.7. The highest BCUT2D eigenvalue weighted by molar-refractivity contribution is 7.47. The van der Waals surface area contributed by atoms with E-state index in [9.17, 15) is 14.3 Å². The van der Waals surface area contributed by atoms with Crippen molar-refractivity contribution >= 4 is 13.8 Å². The predicted octanol–water partition coefficient (Wildman–Crippen LogP) is 4.50. The maximum Gasteiger partial charge on any atom is 0.472 e. The summed E-state index contributed by atoms with van der Waals surface area (Å²) in [5.74, 6) is -0.424. The second-order valence-corrected chi connectivity index (χ2v) is 8.55. The van der Waals surface area contributed by atoms with E-state index in [1.807, 2.05) is 0 Å². The van der Waals surface area contributed by atoms with Gasteiger partial charge in [0.25, 0.3) is 0 Å². The Bertz CT molecular complexity index is 488. The van der Waals surface area contributed by atoms with Crippen LogP contribution in [0.2, 0.25) is 0 Å². The number of ether oxygens (including phenoxy) is 2. The van der Waals surface area contributed by atoms with Crippen LogP contribution in [0.15, 0.2) is 12.2 Å². The predicted molar refractivity (Wildman–Crippen MR) is 118 cm³/mol. The first-order valence-electron chi connectivity index (χ1n) is 11.2. The molecular formula is C21H42NO7P. The first kappa shape index (κ1) is 29.2. The highest BCUT2D eigenvalue weighted by Crippen LogP contribution is 2.43. The molecule has 0 bridgehead atoms. The highest BCUT2D eigenvalue weighted by atomic mass is 31.2. The fourth-order valence-corrected chi connectivity index (χ4v) is 3.32. The van der Waals surface area contributed by atoms with Crippen LogP contribution in [0.5, 0.6) is 0 Å². The molecule has 0 saturated carbocycles. The number of hydrogen-bond donors (Lipinski definition) is 2. The Morgan fingerprint density at radius 2 is 1.63 bits per heavy atom. The van der Waals surface area contributed by atoms with Crippen LogP contribution >= 0.6 is 7.82 Å². The number of allylic oxidation sites excluding steroid dienone is 2. The van der Waals surface area contributed by atoms with E-state index in [4.69, 9.17) is 19.7 Å². The topological polar surface area (TPSA) is 117 Å². The average Bonchev–Trinajstić information content (AvgIpc) is 2.73. The zero-order valence-electron chi connectivity index (χ0n) is 18.8. The van der Waals surface area contributed by atoms with Crippen molar-refractivity contribution in [3.8, 4) is 0 Å². The van der Waals surface area contributed by atoms with E-state index >= 15 is 0 Å². The molecule has 2 atom stereocenters. The molecule has 0 heterocycles. The van der Waals surface area contributed by atoms with E-state index < -0.39 is 19.9 Å². The Kier molecular flexibility index (Phi) is 19.6. The quantitative estimate of drug-likeness (QED) is 0.113. The molecule has 2 unspecified atom stereocenters. The van der Waals surface area contributed by atoms with E-state index in [1.165, 1.54) is 44.9 Å². The molecule has 178 valence electrons. The number of unbranched alkanes of at least 4 members (excludes halogenated alkanes) is 7. The molecule has 9 heteroatoms. The molecule has 8 nitrogen and oxygen atoms in total. The van der Waals surface area contributed by atoms with E-state index in [2.05, 4.69) is 23.6 Å². The number of carbonyl (C=O) groups excluding carboxylic acids is 1. The summed E-state index contributed by atoms with van der Waals surface area (Å²) in [6.07, 6.45) is 14.4. The van der Waals surface area contributed by atoms with E-state index in [0.717, 1.165) is 12.8 Å². The summed E-state index contributed by atoms with van der Waals surface area (Å²) in [5, 5.41) is 0. The summed E-state index contributed by atoms with van der Waals surface area (Å²) in [7, 11) is -4.22. The summed E-state index contributed by atoms with van der Waals surface area (Å²) < 4.78 is 32.0. The largest absolute Gasteiger partial charge is 0.472 e. The van der Waals surface area contributed by atoms with E-state index in [-0.39, 0.29) is 32.8 Å². The van der Waals surface area contributed by atoms with Crippen molar-refractivity contribution in [3.05, 3.63) is 12.2 Å². The normalized spacial score (nSPS) is 14.7. The smallest absolute Gasteiger partial charge is 0.457 e. The van der Waals surface area contributed by atoms with Gasteiger partial charge in [-0.15, -0.1) is 0 Å². The lowest BCUT2D eigenvalue weighted by Gasteiger charge is -2.19. The molecule has 0 fully saturated rings. The number of rotatable bonds is 21. The molecular weight excluding hydrogens is 409 g/mol. The zero-order valence-corrected chi connectivity index (χ0v) is 19.7. The molecule has 0 aromatic carbocycles. The van der Waals surface area contributed by atoms with Gasteiger partial charge in [0.15, 0.2) is 0 Å². The van der Waals surface area contributed by atoms with E-state index in [0.29, 0.717) is 6.61 Å². The van der Waals surface area contributed by atoms with Gasteiger partial charge in [-0.25, -0.2) is 4.57 Å². The molecule has 30 heavy (non-hydrogen) atoms. The fourth-order valence-electron chi connectivity index (χ4n) is 2.56. The number of phosphoric acid groups is 1. The first-order valence-corrected chi connectivity index (χ1v) is 12.7. The molecule has 0 rings (SSSR count). The van der Waals surface area contributed by atoms with Gasteiger partial charge in [0.05, 0.1) is 19.8 Å². The van der Waals surface area contributed by atoms with Crippen molar-refractivity contribution in [1.29, 1.82) is 0 Å². The van der Waals surface area contributed by atoms with Crippen LogP contribution in [0.25, 0.3) is 0 Å². The van der Waals surface area contributed by atoms with Crippen molar-refractivity contribution in [2.75, 3.05) is 33.0 Å². The second-order valence-electron chi connectivity index (χ2n) is 7.10. The minimum absolute atomic E-state index is 0.0980. The third-order valence-electron chi connectivity index (χ3n) is 4.22. The fraction of sp³-hybridized carbons (Fsp3) is 0.857. The first-order chi connectivity index (χ1) is 14.4. The van der Waals surface area contributed by atoms with Gasteiger partial charge in [0, 0.05) is 19.6 Å².